The minimum Gasteiger partial charge on any atom is -0.475 e. The summed E-state index contributed by atoms with van der Waals surface area (Å²) in [4.78, 5) is 44.8. The first kappa shape index (κ1) is 29.1. The van der Waals surface area contributed by atoms with Crippen LogP contribution in [0.25, 0.3) is 0 Å². The molecule has 0 radical (unpaired) electrons. The van der Waals surface area contributed by atoms with Gasteiger partial charge < -0.3 is 34.0 Å². The first-order chi connectivity index (χ1) is 18.7. The average molecular weight is 546 g/mol. The molecule has 3 heterocycles. The molecule has 1 atom stereocenters. The molecule has 216 valence electrons. The maximum atomic E-state index is 14.2. The Morgan fingerprint density at radius 2 is 1.97 bits per heavy atom. The molecule has 10 heteroatoms. The molecule has 3 amide bonds. The molecule has 3 aliphatic heterocycles. The number of carbonyl (C=O) groups is 3. The zero-order valence-electron chi connectivity index (χ0n) is 23.7. The van der Waals surface area contributed by atoms with Crippen molar-refractivity contribution in [2.24, 2.45) is 0 Å². The first-order valence-electron chi connectivity index (χ1n) is 14.3. The van der Waals surface area contributed by atoms with Gasteiger partial charge >= 0.3 is 6.09 Å². The van der Waals surface area contributed by atoms with Crippen LogP contribution in [0.15, 0.2) is 12.1 Å². The number of ether oxygens (including phenoxy) is 3. The molecular formula is C29H43N3O7. The van der Waals surface area contributed by atoms with Gasteiger partial charge in [0.15, 0.2) is 5.60 Å². The number of benzene rings is 1. The average Bonchev–Trinajstić information content (AvgIpc) is 2.93. The molecule has 10 nitrogen and oxygen atoms in total. The van der Waals surface area contributed by atoms with Crippen molar-refractivity contribution in [3.05, 3.63) is 23.3 Å². The summed E-state index contributed by atoms with van der Waals surface area (Å²) in [7, 11) is 1.67. The summed E-state index contributed by atoms with van der Waals surface area (Å²) >= 11 is 0. The number of amides is 3. The van der Waals surface area contributed by atoms with E-state index in [9.17, 15) is 19.5 Å². The van der Waals surface area contributed by atoms with Gasteiger partial charge in [0.05, 0.1) is 24.9 Å². The highest BCUT2D eigenvalue weighted by atomic mass is 16.5. The molecule has 4 rings (SSSR count). The van der Waals surface area contributed by atoms with Crippen LogP contribution in [0.2, 0.25) is 0 Å². The molecule has 1 aromatic carbocycles. The van der Waals surface area contributed by atoms with E-state index >= 15 is 0 Å². The largest absolute Gasteiger partial charge is 0.475 e. The van der Waals surface area contributed by atoms with Crippen molar-refractivity contribution in [1.29, 1.82) is 0 Å². The van der Waals surface area contributed by atoms with Crippen molar-refractivity contribution >= 4 is 23.6 Å². The van der Waals surface area contributed by atoms with Crippen LogP contribution < -0.4 is 9.64 Å². The van der Waals surface area contributed by atoms with Crippen LogP contribution in [0.5, 0.6) is 5.75 Å². The molecule has 3 aliphatic rings. The SMILES string of the molecule is CCc1cc2c(cc1C(=O)N(C(C)C)[C@@H]1CCCN(C(=O)O)C1)N(CCCCOC)C(=O)C1(CCOCC1)O2. The minimum absolute atomic E-state index is 0.0801. The van der Waals surface area contributed by atoms with Crippen LogP contribution >= 0.6 is 0 Å². The van der Waals surface area contributed by atoms with Gasteiger partial charge in [-0.3, -0.25) is 9.59 Å². The predicted molar refractivity (Wildman–Crippen MR) is 147 cm³/mol. The van der Waals surface area contributed by atoms with Crippen LogP contribution in [0.3, 0.4) is 0 Å². The fourth-order valence-corrected chi connectivity index (χ4v) is 6.08. The fourth-order valence-electron chi connectivity index (χ4n) is 6.08. The van der Waals surface area contributed by atoms with Gasteiger partial charge in [0.2, 0.25) is 0 Å². The maximum Gasteiger partial charge on any atom is 0.407 e. The van der Waals surface area contributed by atoms with Crippen molar-refractivity contribution in [3.63, 3.8) is 0 Å². The second-order valence-corrected chi connectivity index (χ2v) is 11.0. The van der Waals surface area contributed by atoms with Crippen molar-refractivity contribution < 1.29 is 33.7 Å². The Bertz CT molecular complexity index is 1050. The molecule has 0 bridgehead atoms. The molecule has 0 aliphatic carbocycles. The van der Waals surface area contributed by atoms with E-state index in [-0.39, 0.29) is 23.9 Å². The van der Waals surface area contributed by atoms with Gasteiger partial charge in [-0.2, -0.15) is 0 Å². The zero-order chi connectivity index (χ0) is 28.2. The van der Waals surface area contributed by atoms with Crippen molar-refractivity contribution in [2.75, 3.05) is 51.5 Å². The second-order valence-electron chi connectivity index (χ2n) is 11.0. The normalized spacial score (nSPS) is 20.6. The number of methoxy groups -OCH3 is 1. The van der Waals surface area contributed by atoms with Crippen LogP contribution in [-0.2, 0) is 20.7 Å². The number of rotatable bonds is 9. The van der Waals surface area contributed by atoms with E-state index in [4.69, 9.17) is 14.2 Å². The Kier molecular flexibility index (Phi) is 9.38. The predicted octanol–water partition coefficient (Wildman–Crippen LogP) is 3.94. The van der Waals surface area contributed by atoms with Gasteiger partial charge in [0, 0.05) is 57.8 Å². The highest BCUT2D eigenvalue weighted by Crippen LogP contribution is 2.44. The zero-order valence-corrected chi connectivity index (χ0v) is 23.7. The number of fused-ring (bicyclic) bond motifs is 1. The fraction of sp³-hybridized carbons (Fsp3) is 0.690. The number of likely N-dealkylation sites (tertiary alicyclic amines) is 1. The van der Waals surface area contributed by atoms with E-state index in [2.05, 4.69) is 0 Å². The maximum absolute atomic E-state index is 14.2. The van der Waals surface area contributed by atoms with Crippen molar-refractivity contribution in [1.82, 2.24) is 9.80 Å². The van der Waals surface area contributed by atoms with E-state index in [1.54, 1.807) is 12.0 Å². The molecular weight excluding hydrogens is 502 g/mol. The lowest BCUT2D eigenvalue weighted by Gasteiger charge is -2.45. The molecule has 0 aromatic heterocycles. The smallest absolute Gasteiger partial charge is 0.407 e. The molecule has 0 unspecified atom stereocenters. The molecule has 2 saturated heterocycles. The van der Waals surface area contributed by atoms with Gasteiger partial charge in [0.1, 0.15) is 5.75 Å². The van der Waals surface area contributed by atoms with Crippen molar-refractivity contribution in [2.45, 2.75) is 83.4 Å². The Balaban J connectivity index is 1.72. The minimum atomic E-state index is -0.958. The van der Waals surface area contributed by atoms with E-state index < -0.39 is 11.7 Å². The summed E-state index contributed by atoms with van der Waals surface area (Å²) in [6.45, 7) is 8.76. The van der Waals surface area contributed by atoms with Gasteiger partial charge in [-0.05, 0) is 63.6 Å². The van der Waals surface area contributed by atoms with Gasteiger partial charge in [-0.15, -0.1) is 0 Å². The van der Waals surface area contributed by atoms with Crippen molar-refractivity contribution in [3.8, 4) is 5.75 Å². The molecule has 2 fully saturated rings. The number of carboxylic acid groups (broad SMARTS) is 1. The quantitative estimate of drug-likeness (QED) is 0.468. The van der Waals surface area contributed by atoms with E-state index in [0.717, 1.165) is 24.8 Å². The lowest BCUT2D eigenvalue weighted by atomic mass is 9.89. The third kappa shape index (κ3) is 6.01. The lowest BCUT2D eigenvalue weighted by molar-refractivity contribution is -0.144. The Morgan fingerprint density at radius 1 is 1.23 bits per heavy atom. The van der Waals surface area contributed by atoms with Crippen LogP contribution in [0, 0.1) is 0 Å². The van der Waals surface area contributed by atoms with Crippen LogP contribution in [-0.4, -0.2) is 97.1 Å². The van der Waals surface area contributed by atoms with Gasteiger partial charge in [-0.25, -0.2) is 4.79 Å². The molecule has 39 heavy (non-hydrogen) atoms. The number of nitrogens with zero attached hydrogens (tertiary/aromatic N) is 3. The van der Waals surface area contributed by atoms with Gasteiger partial charge in [-0.1, -0.05) is 6.92 Å². The number of carbonyl (C=O) groups excluding carboxylic acids is 2. The number of anilines is 1. The van der Waals surface area contributed by atoms with Crippen LogP contribution in [0.4, 0.5) is 10.5 Å². The Morgan fingerprint density at radius 3 is 2.62 bits per heavy atom. The summed E-state index contributed by atoms with van der Waals surface area (Å²) in [6, 6.07) is 3.42. The molecule has 0 saturated carbocycles. The standard InChI is InChI=1S/C29H43N3O7/c1-5-21-17-25-24(31(13-6-7-14-37-4)27(34)29(39-25)10-15-38-16-11-29)18-23(21)26(33)32(20(2)3)22-9-8-12-30(19-22)28(35)36/h17-18,20,22H,5-16,19H2,1-4H3,(H,35,36)/t22-/m1/s1. The molecule has 1 spiro atoms. The first-order valence-corrected chi connectivity index (χ1v) is 14.3. The molecule has 1 aromatic rings. The summed E-state index contributed by atoms with van der Waals surface area (Å²) in [5.41, 5.74) is 1.06. The Hall–Kier alpha value is -2.85. The summed E-state index contributed by atoms with van der Waals surface area (Å²) < 4.78 is 17.2. The number of hydrogen-bond donors (Lipinski definition) is 1. The van der Waals surface area contributed by atoms with Gasteiger partial charge in [0.25, 0.3) is 11.8 Å². The number of unbranched alkanes of at least 4 members (excludes halogenated alkanes) is 1. The van der Waals surface area contributed by atoms with Crippen LogP contribution in [0.1, 0.15) is 75.2 Å². The second kappa shape index (κ2) is 12.6. The van der Waals surface area contributed by atoms with E-state index in [1.165, 1.54) is 4.90 Å². The lowest BCUT2D eigenvalue weighted by Crippen LogP contribution is -2.59. The van der Waals surface area contributed by atoms with E-state index in [0.29, 0.717) is 82.1 Å². The highest BCUT2D eigenvalue weighted by molar-refractivity contribution is 6.05. The Labute approximate surface area is 231 Å². The van der Waals surface area contributed by atoms with E-state index in [1.807, 2.05) is 37.8 Å². The number of aryl methyl sites for hydroxylation is 1. The third-order valence-corrected chi connectivity index (χ3v) is 8.16. The summed E-state index contributed by atoms with van der Waals surface area (Å²) in [5.74, 6) is 0.408. The molecule has 1 N–H and O–H groups in total. The highest BCUT2D eigenvalue weighted by Gasteiger charge is 2.49. The number of hydrogen-bond acceptors (Lipinski definition) is 6. The summed E-state index contributed by atoms with van der Waals surface area (Å²) in [5, 5.41) is 9.57. The third-order valence-electron chi connectivity index (χ3n) is 8.16. The number of piperidine rings is 1. The topological polar surface area (TPSA) is 109 Å². The monoisotopic (exact) mass is 545 g/mol. The summed E-state index contributed by atoms with van der Waals surface area (Å²) in [6.07, 6.45) is 3.67.